The highest BCUT2D eigenvalue weighted by Crippen LogP contribution is 2.40. The molecule has 0 saturated heterocycles. The van der Waals surface area contributed by atoms with Gasteiger partial charge in [0.15, 0.2) is 0 Å². The summed E-state index contributed by atoms with van der Waals surface area (Å²) in [5.74, 6) is 0. The van der Waals surface area contributed by atoms with E-state index in [1.165, 1.54) is 141 Å². The molecule has 0 amide bonds. The maximum atomic E-state index is 10.2. The van der Waals surface area contributed by atoms with Crippen molar-refractivity contribution in [2.45, 2.75) is 168 Å². The first kappa shape index (κ1) is 50.8. The summed E-state index contributed by atoms with van der Waals surface area (Å²) in [6.45, 7) is 6.82. The molecule has 280 valence electrons. The monoisotopic (exact) mass is 718 g/mol. The molecule has 0 heterocycles. The zero-order valence-electron chi connectivity index (χ0n) is 30.8. The predicted molar refractivity (Wildman–Crippen MR) is 204 cm³/mol. The predicted octanol–water partition coefficient (Wildman–Crippen LogP) is 9.01. The molecule has 0 aliphatic heterocycles. The Kier molecular flexibility index (Phi) is 37.4. The summed E-state index contributed by atoms with van der Waals surface area (Å²) >= 11 is 10.6. The normalized spacial score (nSPS) is 12.0. The Bertz CT molecular complexity index is 685. The Hall–Kier alpha value is 0.390. The molecule has 0 aliphatic carbocycles. The van der Waals surface area contributed by atoms with E-state index in [2.05, 4.69) is 25.3 Å². The number of unbranched alkanes of at least 4 members (excludes halogenated alkanes) is 16. The fourth-order valence-corrected chi connectivity index (χ4v) is 6.06. The average molecular weight is 719 g/mol. The number of aliphatic hydroxyl groups is 3. The second-order valence-electron chi connectivity index (χ2n) is 13.8. The van der Waals surface area contributed by atoms with Crippen molar-refractivity contribution < 1.29 is 38.7 Å². The Morgan fingerprint density at radius 2 is 1.00 bits per heavy atom. The minimum absolute atomic E-state index is 0.0772. The maximum absolute atomic E-state index is 10.2. The Morgan fingerprint density at radius 3 is 1.22 bits per heavy atom. The molecule has 46 heavy (non-hydrogen) atoms. The lowest BCUT2D eigenvalue weighted by Crippen LogP contribution is -2.37. The molecule has 0 aromatic carbocycles. The summed E-state index contributed by atoms with van der Waals surface area (Å²) in [4.78, 5) is 16.6. The van der Waals surface area contributed by atoms with Crippen LogP contribution in [-0.2, 0) is 9.09 Å². The second-order valence-corrected chi connectivity index (χ2v) is 16.2. The van der Waals surface area contributed by atoms with Crippen molar-refractivity contribution in [2.75, 3.05) is 47.5 Å². The van der Waals surface area contributed by atoms with Crippen molar-refractivity contribution >= 4 is 36.9 Å². The zero-order chi connectivity index (χ0) is 35.7. The third-order valence-corrected chi connectivity index (χ3v) is 9.60. The van der Waals surface area contributed by atoms with Crippen LogP contribution in [0.2, 0.25) is 0 Å². The summed E-state index contributed by atoms with van der Waals surface area (Å²) < 4.78 is 16.1. The van der Waals surface area contributed by atoms with Crippen molar-refractivity contribution in [3.8, 4) is 0 Å². The highest BCUT2D eigenvalue weighted by Gasteiger charge is 2.31. The van der Waals surface area contributed by atoms with Gasteiger partial charge in [0, 0.05) is 5.41 Å². The lowest BCUT2D eigenvalue weighted by molar-refractivity contribution is -0.870. The van der Waals surface area contributed by atoms with Crippen LogP contribution >= 0.6 is 32.7 Å². The van der Waals surface area contributed by atoms with Crippen LogP contribution < -0.4 is 0 Å². The largest absolute Gasteiger partial charge is 0.469 e. The van der Waals surface area contributed by atoms with Crippen molar-refractivity contribution in [2.24, 2.45) is 5.41 Å². The third kappa shape index (κ3) is 38.8. The quantitative estimate of drug-likeness (QED) is 0.0149. The van der Waals surface area contributed by atoms with Gasteiger partial charge in [-0.1, -0.05) is 155 Å². The first-order valence-electron chi connectivity index (χ1n) is 18.3. The molecular weight excluding hydrogens is 641 g/mol. The second kappa shape index (κ2) is 33.9. The van der Waals surface area contributed by atoms with Crippen LogP contribution in [0.1, 0.15) is 162 Å². The van der Waals surface area contributed by atoms with Crippen LogP contribution in [0.25, 0.3) is 0 Å². The van der Waals surface area contributed by atoms with Gasteiger partial charge in [0.1, 0.15) is 19.3 Å². The smallest absolute Gasteiger partial charge is 0.394 e. The van der Waals surface area contributed by atoms with Gasteiger partial charge in [-0.05, 0) is 19.3 Å². The van der Waals surface area contributed by atoms with Crippen molar-refractivity contribution in [3.05, 3.63) is 0 Å². The number of thiol groups is 1. The standard InChI is InChI=1S/C27H54S2.C5H14NO4P.C3H8O3/c1-4-7-10-13-16-19-22-25-27(26(28)29,23-20-17-14-11-8-5-2)24-21-18-15-12-9-6-3;1-6(2,3)4-5-10-11(7,8)9;4-1-3(6)2-5/h4-25H2,1-3H3,(H,28,29);4-5H2,1-3H3,(H-,7,8,9);3-6H,1-2H2/p+1. The molecule has 0 bridgehead atoms. The van der Waals surface area contributed by atoms with E-state index in [1.807, 2.05) is 21.1 Å². The van der Waals surface area contributed by atoms with Crippen molar-refractivity contribution in [1.29, 1.82) is 0 Å². The number of nitrogens with zero attached hydrogens (tertiary/aromatic N) is 1. The lowest BCUT2D eigenvalue weighted by Gasteiger charge is -2.33. The van der Waals surface area contributed by atoms with E-state index in [-0.39, 0.29) is 25.2 Å². The molecule has 0 aromatic heterocycles. The number of aliphatic hydroxyl groups excluding tert-OH is 3. The highest BCUT2D eigenvalue weighted by molar-refractivity contribution is 8.11. The summed E-state index contributed by atoms with van der Waals surface area (Å²) in [7, 11) is 1.50. The number of hydrogen-bond donors (Lipinski definition) is 6. The van der Waals surface area contributed by atoms with Gasteiger partial charge in [-0.3, -0.25) is 4.52 Å². The van der Waals surface area contributed by atoms with E-state index in [4.69, 9.17) is 50.0 Å². The zero-order valence-corrected chi connectivity index (χ0v) is 33.4. The van der Waals surface area contributed by atoms with E-state index in [9.17, 15) is 4.57 Å². The molecule has 0 spiro atoms. The van der Waals surface area contributed by atoms with Gasteiger partial charge in [-0.15, -0.1) is 12.6 Å². The summed E-state index contributed by atoms with van der Waals surface area (Å²) in [6, 6.07) is 0. The average Bonchev–Trinajstić information content (AvgIpc) is 2.98. The van der Waals surface area contributed by atoms with E-state index < -0.39 is 13.9 Å². The van der Waals surface area contributed by atoms with E-state index in [0.29, 0.717) is 11.0 Å². The molecule has 8 nitrogen and oxygen atoms in total. The van der Waals surface area contributed by atoms with Gasteiger partial charge in [-0.25, -0.2) is 4.57 Å². The van der Waals surface area contributed by atoms with Gasteiger partial charge in [0.05, 0.1) is 38.6 Å². The van der Waals surface area contributed by atoms with E-state index in [1.54, 1.807) is 0 Å². The Labute approximate surface area is 295 Å². The molecule has 0 radical (unpaired) electrons. The van der Waals surface area contributed by atoms with Gasteiger partial charge in [-0.2, -0.15) is 0 Å². The molecule has 0 atom stereocenters. The third-order valence-electron chi connectivity index (χ3n) is 8.17. The van der Waals surface area contributed by atoms with Crippen molar-refractivity contribution in [3.63, 3.8) is 0 Å². The maximum Gasteiger partial charge on any atom is 0.469 e. The number of phosphoric acid groups is 1. The summed E-state index contributed by atoms with van der Waals surface area (Å²) in [6.07, 6.45) is 29.1. The van der Waals surface area contributed by atoms with Crippen LogP contribution in [0.4, 0.5) is 0 Å². The SMILES string of the molecule is CCCCCCCCCC(CCCCCCCC)(CCCCCCCC)C(=S)S.C[N+](C)(C)CCOP(=O)(O)O.OCC(O)CO. The van der Waals surface area contributed by atoms with Gasteiger partial charge < -0.3 is 29.6 Å². The summed E-state index contributed by atoms with van der Waals surface area (Å²) in [5.41, 5.74) is 0.234. The van der Waals surface area contributed by atoms with Crippen LogP contribution in [0.3, 0.4) is 0 Å². The van der Waals surface area contributed by atoms with Crippen LogP contribution in [-0.4, -0.2) is 87.4 Å². The molecule has 0 aromatic rings. The topological polar surface area (TPSA) is 127 Å². The fourth-order valence-electron chi connectivity index (χ4n) is 5.10. The van der Waals surface area contributed by atoms with Crippen LogP contribution in [0.5, 0.6) is 0 Å². The number of rotatable bonds is 29. The molecule has 0 unspecified atom stereocenters. The van der Waals surface area contributed by atoms with E-state index in [0.717, 1.165) is 4.20 Å². The number of thiocarbonyl (C=S) groups is 1. The number of hydrogen-bond acceptors (Lipinski definition) is 6. The Balaban J connectivity index is -0.000000885. The highest BCUT2D eigenvalue weighted by atomic mass is 32.1. The first-order chi connectivity index (χ1) is 21.6. The molecule has 0 saturated carbocycles. The van der Waals surface area contributed by atoms with Gasteiger partial charge >= 0.3 is 7.82 Å². The molecule has 0 aliphatic rings. The molecule has 11 heteroatoms. The summed E-state index contributed by atoms with van der Waals surface area (Å²) in [5, 5.41) is 24.0. The first-order valence-corrected chi connectivity index (χ1v) is 20.7. The Morgan fingerprint density at radius 1 is 0.696 bits per heavy atom. The molecule has 5 N–H and O–H groups in total. The molecular formula is C35H77NO7PS2+. The molecule has 0 rings (SSSR count). The lowest BCUT2D eigenvalue weighted by atomic mass is 9.75. The number of quaternary nitrogens is 1. The minimum atomic E-state index is -4.26. The van der Waals surface area contributed by atoms with Gasteiger partial charge in [0.25, 0.3) is 0 Å². The number of phosphoric ester groups is 1. The van der Waals surface area contributed by atoms with Gasteiger partial charge in [0.2, 0.25) is 0 Å². The van der Waals surface area contributed by atoms with Crippen LogP contribution in [0.15, 0.2) is 0 Å². The minimum Gasteiger partial charge on any atom is -0.394 e. The fraction of sp³-hybridized carbons (Fsp3) is 0.971. The number of likely N-dealkylation sites (N-methyl/N-ethyl adjacent to an activating group) is 1. The van der Waals surface area contributed by atoms with E-state index >= 15 is 0 Å². The van der Waals surface area contributed by atoms with Crippen molar-refractivity contribution in [1.82, 2.24) is 0 Å². The van der Waals surface area contributed by atoms with Crippen LogP contribution in [0, 0.1) is 5.41 Å². The molecule has 0 fully saturated rings.